The topological polar surface area (TPSA) is 63.4 Å². The van der Waals surface area contributed by atoms with Gasteiger partial charge in [-0.1, -0.05) is 6.07 Å². The Morgan fingerprint density at radius 2 is 2.39 bits per heavy atom. The maximum Gasteiger partial charge on any atom is 0.0910 e. The summed E-state index contributed by atoms with van der Waals surface area (Å²) in [6.45, 7) is 7.04. The Labute approximate surface area is 108 Å². The average Bonchev–Trinajstić information content (AvgIpc) is 2.41. The van der Waals surface area contributed by atoms with Gasteiger partial charge in [0.05, 0.1) is 18.8 Å². The molecule has 0 radical (unpaired) electrons. The first-order chi connectivity index (χ1) is 8.72. The molecule has 0 spiro atoms. The number of hydrogen-bond donors (Lipinski definition) is 2. The molecule has 0 amide bonds. The van der Waals surface area contributed by atoms with Crippen LogP contribution in [0.5, 0.6) is 0 Å². The van der Waals surface area contributed by atoms with E-state index in [0.29, 0.717) is 6.04 Å². The van der Waals surface area contributed by atoms with Crippen molar-refractivity contribution in [1.29, 1.82) is 0 Å². The second-order valence-electron chi connectivity index (χ2n) is 4.93. The quantitative estimate of drug-likeness (QED) is 0.608. The normalized spacial score (nSPS) is 23.2. The monoisotopic (exact) mass is 250 g/mol. The van der Waals surface area contributed by atoms with E-state index in [-0.39, 0.29) is 12.1 Å². The zero-order valence-corrected chi connectivity index (χ0v) is 11.0. The fourth-order valence-electron chi connectivity index (χ4n) is 2.35. The Kier molecular flexibility index (Phi) is 4.66. The number of aromatic nitrogens is 1. The summed E-state index contributed by atoms with van der Waals surface area (Å²) in [7, 11) is 0. The maximum atomic E-state index is 5.85. The van der Waals surface area contributed by atoms with Gasteiger partial charge in [0.25, 0.3) is 0 Å². The highest BCUT2D eigenvalue weighted by Gasteiger charge is 2.29. The molecule has 1 saturated heterocycles. The number of pyridine rings is 1. The molecule has 0 bridgehead atoms. The molecule has 1 aliphatic heterocycles. The van der Waals surface area contributed by atoms with Crippen LogP contribution >= 0.6 is 0 Å². The number of nitrogens with one attached hydrogen (secondary N) is 1. The number of rotatable bonds is 4. The molecule has 5 nitrogen and oxygen atoms in total. The third kappa shape index (κ3) is 3.05. The molecule has 1 aromatic heterocycles. The Morgan fingerprint density at radius 3 is 3.00 bits per heavy atom. The fourth-order valence-corrected chi connectivity index (χ4v) is 2.35. The molecule has 3 N–H and O–H groups in total. The van der Waals surface area contributed by atoms with E-state index in [0.717, 1.165) is 25.3 Å². The Bertz CT molecular complexity index is 357. The zero-order chi connectivity index (χ0) is 13.0. The molecule has 0 aromatic carbocycles. The standard InChI is InChI=1S/C13H22N4O/c1-10(2)17-6-7-18-12(9-17)13(16-14)11-4-3-5-15-8-11/h3-5,8,10,12-13,16H,6-7,9,14H2,1-2H3. The van der Waals surface area contributed by atoms with Crippen molar-refractivity contribution in [2.24, 2.45) is 5.84 Å². The maximum absolute atomic E-state index is 5.85. The molecule has 0 aliphatic carbocycles. The van der Waals surface area contributed by atoms with Gasteiger partial charge < -0.3 is 4.74 Å². The first-order valence-electron chi connectivity index (χ1n) is 6.44. The van der Waals surface area contributed by atoms with Crippen molar-refractivity contribution in [3.63, 3.8) is 0 Å². The number of morpholine rings is 1. The lowest BCUT2D eigenvalue weighted by Gasteiger charge is -2.38. The largest absolute Gasteiger partial charge is 0.374 e. The molecule has 18 heavy (non-hydrogen) atoms. The van der Waals surface area contributed by atoms with Gasteiger partial charge >= 0.3 is 0 Å². The second kappa shape index (κ2) is 6.24. The van der Waals surface area contributed by atoms with E-state index in [1.165, 1.54) is 0 Å². The Hall–Kier alpha value is -1.01. The van der Waals surface area contributed by atoms with Gasteiger partial charge in [0, 0.05) is 31.5 Å². The van der Waals surface area contributed by atoms with Gasteiger partial charge in [0.1, 0.15) is 0 Å². The second-order valence-corrected chi connectivity index (χ2v) is 4.93. The molecule has 1 aliphatic rings. The van der Waals surface area contributed by atoms with E-state index in [1.807, 2.05) is 18.3 Å². The van der Waals surface area contributed by atoms with Crippen LogP contribution in [-0.2, 0) is 4.74 Å². The number of ether oxygens (including phenoxy) is 1. The van der Waals surface area contributed by atoms with E-state index < -0.39 is 0 Å². The van der Waals surface area contributed by atoms with Crippen LogP contribution in [0.2, 0.25) is 0 Å². The van der Waals surface area contributed by atoms with Gasteiger partial charge in [0.15, 0.2) is 0 Å². The lowest BCUT2D eigenvalue weighted by molar-refractivity contribution is -0.0561. The third-order valence-electron chi connectivity index (χ3n) is 3.45. The van der Waals surface area contributed by atoms with Gasteiger partial charge in [-0.05, 0) is 25.5 Å². The number of hydrogen-bond acceptors (Lipinski definition) is 5. The number of nitrogens with zero attached hydrogens (tertiary/aromatic N) is 2. The molecule has 100 valence electrons. The Balaban J connectivity index is 2.08. The summed E-state index contributed by atoms with van der Waals surface area (Å²) < 4.78 is 5.85. The van der Waals surface area contributed by atoms with Crippen molar-refractivity contribution in [2.45, 2.75) is 32.0 Å². The number of nitrogens with two attached hydrogens (primary N) is 1. The minimum Gasteiger partial charge on any atom is -0.374 e. The molecule has 2 heterocycles. The summed E-state index contributed by atoms with van der Waals surface area (Å²) in [6, 6.07) is 4.46. The van der Waals surface area contributed by atoms with Crippen LogP contribution in [0.1, 0.15) is 25.5 Å². The summed E-state index contributed by atoms with van der Waals surface area (Å²) in [4.78, 5) is 6.55. The van der Waals surface area contributed by atoms with Crippen molar-refractivity contribution in [2.75, 3.05) is 19.7 Å². The summed E-state index contributed by atoms with van der Waals surface area (Å²) in [5.41, 5.74) is 3.92. The van der Waals surface area contributed by atoms with E-state index in [1.54, 1.807) is 6.20 Å². The molecule has 2 atom stereocenters. The smallest absolute Gasteiger partial charge is 0.0910 e. The third-order valence-corrected chi connectivity index (χ3v) is 3.45. The lowest BCUT2D eigenvalue weighted by atomic mass is 10.0. The van der Waals surface area contributed by atoms with Crippen LogP contribution in [-0.4, -0.2) is 41.7 Å². The van der Waals surface area contributed by atoms with Crippen LogP contribution in [0, 0.1) is 0 Å². The molecule has 2 unspecified atom stereocenters. The zero-order valence-electron chi connectivity index (χ0n) is 11.0. The summed E-state index contributed by atoms with van der Waals surface area (Å²) in [5.74, 6) is 5.68. The van der Waals surface area contributed by atoms with Crippen molar-refractivity contribution >= 4 is 0 Å². The van der Waals surface area contributed by atoms with Crippen molar-refractivity contribution in [1.82, 2.24) is 15.3 Å². The van der Waals surface area contributed by atoms with Crippen LogP contribution in [0.25, 0.3) is 0 Å². The molecular formula is C13H22N4O. The summed E-state index contributed by atoms with van der Waals surface area (Å²) >= 11 is 0. The van der Waals surface area contributed by atoms with E-state index in [2.05, 4.69) is 29.2 Å². The first kappa shape index (κ1) is 13.4. The predicted octanol–water partition coefficient (Wildman–Crippen LogP) is 0.695. The van der Waals surface area contributed by atoms with Gasteiger partial charge in [-0.25, -0.2) is 0 Å². The highest BCUT2D eigenvalue weighted by molar-refractivity contribution is 5.15. The minimum atomic E-state index is -0.0137. The fraction of sp³-hybridized carbons (Fsp3) is 0.615. The highest BCUT2D eigenvalue weighted by Crippen LogP contribution is 2.21. The van der Waals surface area contributed by atoms with Gasteiger partial charge in [0.2, 0.25) is 0 Å². The van der Waals surface area contributed by atoms with Gasteiger partial charge in [-0.15, -0.1) is 0 Å². The van der Waals surface area contributed by atoms with Crippen LogP contribution in [0.3, 0.4) is 0 Å². The molecule has 1 fully saturated rings. The minimum absolute atomic E-state index is 0.0137. The lowest BCUT2D eigenvalue weighted by Crippen LogP contribution is -2.51. The Morgan fingerprint density at radius 1 is 1.56 bits per heavy atom. The summed E-state index contributed by atoms with van der Waals surface area (Å²) in [6.07, 6.45) is 3.66. The molecule has 1 aromatic rings. The molecule has 0 saturated carbocycles. The van der Waals surface area contributed by atoms with E-state index >= 15 is 0 Å². The molecular weight excluding hydrogens is 228 g/mol. The van der Waals surface area contributed by atoms with E-state index in [4.69, 9.17) is 10.6 Å². The predicted molar refractivity (Wildman–Crippen MR) is 70.8 cm³/mol. The SMILES string of the molecule is CC(C)N1CCOC(C(NN)c2cccnc2)C1. The van der Waals surface area contributed by atoms with E-state index in [9.17, 15) is 0 Å². The summed E-state index contributed by atoms with van der Waals surface area (Å²) in [5, 5.41) is 0. The first-order valence-corrected chi connectivity index (χ1v) is 6.44. The van der Waals surface area contributed by atoms with Gasteiger partial charge in [-0.2, -0.15) is 0 Å². The molecule has 5 heteroatoms. The highest BCUT2D eigenvalue weighted by atomic mass is 16.5. The van der Waals surface area contributed by atoms with Crippen LogP contribution in [0.4, 0.5) is 0 Å². The van der Waals surface area contributed by atoms with Crippen LogP contribution < -0.4 is 11.3 Å². The molecule has 2 rings (SSSR count). The van der Waals surface area contributed by atoms with Crippen molar-refractivity contribution < 1.29 is 4.74 Å². The number of hydrazine groups is 1. The van der Waals surface area contributed by atoms with Crippen molar-refractivity contribution in [3.05, 3.63) is 30.1 Å². The van der Waals surface area contributed by atoms with Gasteiger partial charge in [-0.3, -0.25) is 21.2 Å². The van der Waals surface area contributed by atoms with Crippen LogP contribution in [0.15, 0.2) is 24.5 Å². The van der Waals surface area contributed by atoms with Crippen molar-refractivity contribution in [3.8, 4) is 0 Å². The average molecular weight is 250 g/mol.